The molecule has 0 saturated carbocycles. The Kier molecular flexibility index (Phi) is 6.29. The SMILES string of the molecule is CC1=C(c2csc(C(=O)N[C@@H](Cc3cccc(F)c3)CN3C(=O)c4ccccc4C3=O)c2)N(C)NN1. The van der Waals surface area contributed by atoms with Crippen molar-refractivity contribution in [1.82, 2.24) is 26.2 Å². The molecule has 2 aromatic carbocycles. The monoisotopic (exact) mass is 505 g/mol. The number of thiophene rings is 1. The summed E-state index contributed by atoms with van der Waals surface area (Å²) < 4.78 is 13.8. The molecule has 10 heteroatoms. The molecule has 1 atom stereocenters. The van der Waals surface area contributed by atoms with E-state index in [1.54, 1.807) is 42.5 Å². The molecule has 3 amide bonds. The maximum atomic E-state index is 13.8. The van der Waals surface area contributed by atoms with E-state index >= 15 is 0 Å². The van der Waals surface area contributed by atoms with Crippen molar-refractivity contribution in [3.63, 3.8) is 0 Å². The van der Waals surface area contributed by atoms with Crippen LogP contribution in [-0.2, 0) is 6.42 Å². The fourth-order valence-electron chi connectivity index (χ4n) is 4.52. The Bertz CT molecular complexity index is 1370. The van der Waals surface area contributed by atoms with Crippen LogP contribution in [0.15, 0.2) is 65.7 Å². The highest BCUT2D eigenvalue weighted by Crippen LogP contribution is 2.28. The smallest absolute Gasteiger partial charge is 0.261 e. The van der Waals surface area contributed by atoms with Crippen LogP contribution in [0.4, 0.5) is 4.39 Å². The zero-order chi connectivity index (χ0) is 25.4. The van der Waals surface area contributed by atoms with E-state index in [1.165, 1.54) is 23.5 Å². The molecule has 184 valence electrons. The van der Waals surface area contributed by atoms with Crippen LogP contribution >= 0.6 is 11.3 Å². The minimum atomic E-state index is -0.620. The van der Waals surface area contributed by atoms with Crippen LogP contribution in [0.25, 0.3) is 5.70 Å². The first-order valence-corrected chi connectivity index (χ1v) is 12.3. The third-order valence-corrected chi connectivity index (χ3v) is 7.11. The topological polar surface area (TPSA) is 93.8 Å². The molecule has 2 aliphatic rings. The number of carbonyl (C=O) groups is 3. The highest BCUT2D eigenvalue weighted by Gasteiger charge is 2.36. The molecule has 1 aromatic heterocycles. The van der Waals surface area contributed by atoms with Crippen LogP contribution in [-0.4, -0.2) is 47.3 Å². The van der Waals surface area contributed by atoms with Gasteiger partial charge in [0, 0.05) is 24.5 Å². The summed E-state index contributed by atoms with van der Waals surface area (Å²) in [5.41, 5.74) is 10.1. The Hall–Kier alpha value is -4.02. The number of hydrogen-bond donors (Lipinski definition) is 3. The van der Waals surface area contributed by atoms with Gasteiger partial charge >= 0.3 is 0 Å². The first kappa shape index (κ1) is 23.7. The molecule has 3 aromatic rings. The highest BCUT2D eigenvalue weighted by atomic mass is 32.1. The summed E-state index contributed by atoms with van der Waals surface area (Å²) in [6.07, 6.45) is 0.246. The van der Waals surface area contributed by atoms with Crippen molar-refractivity contribution in [3.05, 3.63) is 98.6 Å². The summed E-state index contributed by atoms with van der Waals surface area (Å²) in [5, 5.41) is 6.69. The quantitative estimate of drug-likeness (QED) is 0.427. The molecule has 0 saturated heterocycles. The Morgan fingerprint density at radius 2 is 1.81 bits per heavy atom. The van der Waals surface area contributed by atoms with Gasteiger partial charge in [-0.2, -0.15) is 0 Å². The lowest BCUT2D eigenvalue weighted by Gasteiger charge is -2.24. The lowest BCUT2D eigenvalue weighted by atomic mass is 10.0. The maximum absolute atomic E-state index is 13.8. The molecule has 3 N–H and O–H groups in total. The van der Waals surface area contributed by atoms with Gasteiger partial charge in [0.25, 0.3) is 17.7 Å². The van der Waals surface area contributed by atoms with Crippen LogP contribution in [0.1, 0.15) is 48.4 Å². The molecule has 3 heterocycles. The first-order valence-electron chi connectivity index (χ1n) is 11.4. The second kappa shape index (κ2) is 9.56. The van der Waals surface area contributed by atoms with Gasteiger partial charge in [0.15, 0.2) is 0 Å². The van der Waals surface area contributed by atoms with Crippen molar-refractivity contribution in [2.45, 2.75) is 19.4 Å². The molecule has 8 nitrogen and oxygen atoms in total. The van der Waals surface area contributed by atoms with E-state index in [0.717, 1.165) is 21.9 Å². The Morgan fingerprint density at radius 1 is 1.08 bits per heavy atom. The van der Waals surface area contributed by atoms with E-state index in [2.05, 4.69) is 16.3 Å². The number of imide groups is 1. The van der Waals surface area contributed by atoms with Crippen LogP contribution in [0.5, 0.6) is 0 Å². The summed E-state index contributed by atoms with van der Waals surface area (Å²) >= 11 is 1.30. The molecule has 0 fully saturated rings. The second-order valence-electron chi connectivity index (χ2n) is 8.74. The van der Waals surface area contributed by atoms with Gasteiger partial charge in [-0.25, -0.2) is 4.39 Å². The van der Waals surface area contributed by atoms with Crippen LogP contribution in [0.3, 0.4) is 0 Å². The van der Waals surface area contributed by atoms with Gasteiger partial charge in [0.05, 0.1) is 33.4 Å². The van der Waals surface area contributed by atoms with E-state index in [1.807, 2.05) is 24.4 Å². The number of hydrazine groups is 2. The lowest BCUT2D eigenvalue weighted by molar-refractivity contribution is 0.0629. The number of amides is 3. The zero-order valence-electron chi connectivity index (χ0n) is 19.7. The van der Waals surface area contributed by atoms with E-state index in [-0.39, 0.29) is 18.9 Å². The standard InChI is InChI=1S/C26H24FN5O3S/c1-15-23(31(2)30-29-15)17-12-22(36-14-17)24(33)28-19(11-16-6-5-7-18(27)10-16)13-32-25(34)20-8-3-4-9-21(20)26(32)35/h3-10,12,14,19,29-30H,11,13H2,1-2H3,(H,28,33)/t19-/m0/s1. The van der Waals surface area contributed by atoms with Crippen LogP contribution in [0, 0.1) is 5.82 Å². The van der Waals surface area contributed by atoms with Gasteiger partial charge in [-0.3, -0.25) is 24.3 Å². The van der Waals surface area contributed by atoms with Crippen molar-refractivity contribution in [3.8, 4) is 0 Å². The third-order valence-electron chi connectivity index (χ3n) is 6.19. The second-order valence-corrected chi connectivity index (χ2v) is 9.65. The molecule has 36 heavy (non-hydrogen) atoms. The Labute approximate surface area is 211 Å². The molecule has 0 radical (unpaired) electrons. The number of benzene rings is 2. The van der Waals surface area contributed by atoms with E-state index < -0.39 is 23.7 Å². The predicted molar refractivity (Wildman–Crippen MR) is 134 cm³/mol. The van der Waals surface area contributed by atoms with E-state index in [0.29, 0.717) is 21.6 Å². The third kappa shape index (κ3) is 4.48. The van der Waals surface area contributed by atoms with Gasteiger partial charge in [-0.15, -0.1) is 16.9 Å². The minimum Gasteiger partial charge on any atom is -0.346 e. The molecule has 0 unspecified atom stereocenters. The molecule has 0 bridgehead atoms. The number of rotatable bonds is 7. The number of fused-ring (bicyclic) bond motifs is 1. The number of nitrogens with zero attached hydrogens (tertiary/aromatic N) is 2. The van der Waals surface area contributed by atoms with Crippen LogP contribution in [0.2, 0.25) is 0 Å². The molecular weight excluding hydrogens is 481 g/mol. The molecule has 0 spiro atoms. The van der Waals surface area contributed by atoms with Crippen molar-refractivity contribution in [1.29, 1.82) is 0 Å². The van der Waals surface area contributed by atoms with Crippen molar-refractivity contribution < 1.29 is 18.8 Å². The highest BCUT2D eigenvalue weighted by molar-refractivity contribution is 7.12. The van der Waals surface area contributed by atoms with Crippen molar-refractivity contribution in [2.24, 2.45) is 0 Å². The number of halogens is 1. The largest absolute Gasteiger partial charge is 0.346 e. The molecule has 2 aliphatic heterocycles. The number of carbonyl (C=O) groups excluding carboxylic acids is 3. The van der Waals surface area contributed by atoms with Gasteiger partial charge < -0.3 is 10.7 Å². The van der Waals surface area contributed by atoms with Gasteiger partial charge in [0.1, 0.15) is 5.82 Å². The molecule has 0 aliphatic carbocycles. The maximum Gasteiger partial charge on any atom is 0.261 e. The Morgan fingerprint density at radius 3 is 2.44 bits per heavy atom. The van der Waals surface area contributed by atoms with Gasteiger partial charge in [-0.1, -0.05) is 24.3 Å². The summed E-state index contributed by atoms with van der Waals surface area (Å²) in [7, 11) is 1.87. The first-order chi connectivity index (χ1) is 17.3. The number of hydrogen-bond acceptors (Lipinski definition) is 7. The summed E-state index contributed by atoms with van der Waals surface area (Å²) in [4.78, 5) is 40.7. The van der Waals surface area contributed by atoms with Gasteiger partial charge in [0.2, 0.25) is 0 Å². The van der Waals surface area contributed by atoms with Gasteiger partial charge in [-0.05, 0) is 49.2 Å². The van der Waals surface area contributed by atoms with Crippen molar-refractivity contribution >= 4 is 34.8 Å². The molecular formula is C26H24FN5O3S. The molecule has 5 rings (SSSR count). The minimum absolute atomic E-state index is 0.0341. The fourth-order valence-corrected chi connectivity index (χ4v) is 5.31. The normalized spacial score (nSPS) is 15.9. The predicted octanol–water partition coefficient (Wildman–Crippen LogP) is 3.17. The summed E-state index contributed by atoms with van der Waals surface area (Å²) in [6, 6.07) is 13.9. The number of nitrogens with one attached hydrogen (secondary N) is 3. The zero-order valence-corrected chi connectivity index (χ0v) is 20.5. The van der Waals surface area contributed by atoms with E-state index in [9.17, 15) is 18.8 Å². The summed E-state index contributed by atoms with van der Waals surface area (Å²) in [5.74, 6) is -1.53. The van der Waals surface area contributed by atoms with Crippen molar-refractivity contribution in [2.75, 3.05) is 13.6 Å². The van der Waals surface area contributed by atoms with E-state index in [4.69, 9.17) is 0 Å². The van der Waals surface area contributed by atoms with Crippen LogP contribution < -0.4 is 16.3 Å². The lowest BCUT2D eigenvalue weighted by Crippen LogP contribution is -2.46. The fraction of sp³-hybridized carbons (Fsp3) is 0.192. The summed E-state index contributed by atoms with van der Waals surface area (Å²) in [6.45, 7) is 1.90. The number of allylic oxidation sites excluding steroid dienone is 1. The average Bonchev–Trinajstić information content (AvgIpc) is 3.53. The average molecular weight is 506 g/mol. The Balaban J connectivity index is 1.38.